The van der Waals surface area contributed by atoms with Crippen LogP contribution in [0, 0.1) is 0 Å². The summed E-state index contributed by atoms with van der Waals surface area (Å²) in [6.07, 6.45) is 1.46. The van der Waals surface area contributed by atoms with Gasteiger partial charge in [-0.25, -0.2) is 21.8 Å². The highest BCUT2D eigenvalue weighted by Crippen LogP contribution is 2.49. The van der Waals surface area contributed by atoms with E-state index in [1.165, 1.54) is 25.1 Å². The van der Waals surface area contributed by atoms with E-state index in [2.05, 4.69) is 4.98 Å². The van der Waals surface area contributed by atoms with Crippen molar-refractivity contribution >= 4 is 66.4 Å². The van der Waals surface area contributed by atoms with Gasteiger partial charge in [0.05, 0.1) is 27.8 Å². The highest BCUT2D eigenvalue weighted by Gasteiger charge is 2.36. The minimum absolute atomic E-state index is 0.0674. The van der Waals surface area contributed by atoms with Crippen LogP contribution in [0.5, 0.6) is 0 Å². The molecule has 1 aromatic carbocycles. The van der Waals surface area contributed by atoms with Crippen molar-refractivity contribution < 1.29 is 21.4 Å². The lowest BCUT2D eigenvalue weighted by molar-refractivity contribution is 0.568. The summed E-state index contributed by atoms with van der Waals surface area (Å²) in [5.74, 6) is -0.206. The first-order valence-electron chi connectivity index (χ1n) is 9.20. The van der Waals surface area contributed by atoms with E-state index >= 15 is 0 Å². The quantitative estimate of drug-likeness (QED) is 0.513. The molecule has 2 aromatic rings. The Labute approximate surface area is 190 Å². The molecule has 7 nitrogen and oxygen atoms in total. The number of hydrogen-bond donors (Lipinski definition) is 0. The zero-order valence-electron chi connectivity index (χ0n) is 16.3. The fraction of sp³-hybridized carbons (Fsp3) is 0.471. The summed E-state index contributed by atoms with van der Waals surface area (Å²) in [5.41, 5.74) is 0. The third kappa shape index (κ3) is 4.45. The van der Waals surface area contributed by atoms with Gasteiger partial charge in [-0.15, -0.1) is 0 Å². The van der Waals surface area contributed by atoms with Crippen molar-refractivity contribution in [1.82, 2.24) is 4.98 Å². The summed E-state index contributed by atoms with van der Waals surface area (Å²) < 4.78 is 64.1. The topological polar surface area (TPSA) is 101 Å². The van der Waals surface area contributed by atoms with Gasteiger partial charge in [0, 0.05) is 25.4 Å². The predicted molar refractivity (Wildman–Crippen MR) is 122 cm³/mol. The monoisotopic (exact) mass is 530 g/mol. The number of anilines is 1. The number of benzene rings is 1. The van der Waals surface area contributed by atoms with Gasteiger partial charge in [0.1, 0.15) is 5.00 Å². The fourth-order valence-electron chi connectivity index (χ4n) is 3.06. The molecule has 13 heteroatoms. The average Bonchev–Trinajstić information content (AvgIpc) is 3.18. The van der Waals surface area contributed by atoms with E-state index < -0.39 is 26.8 Å². The number of halogens is 2. The largest absolute Gasteiger partial charge is 0.360 e. The van der Waals surface area contributed by atoms with E-state index in [1.807, 2.05) is 6.92 Å². The van der Waals surface area contributed by atoms with Gasteiger partial charge in [-0.05, 0) is 18.3 Å². The first-order valence-corrected chi connectivity index (χ1v) is 16.2. The van der Waals surface area contributed by atoms with Crippen molar-refractivity contribution in [2.75, 3.05) is 42.2 Å². The number of aromatic nitrogens is 1. The van der Waals surface area contributed by atoms with Gasteiger partial charge in [-0.2, -0.15) is 0 Å². The molecule has 1 aromatic heterocycles. The van der Waals surface area contributed by atoms with Gasteiger partial charge in [-0.3, -0.25) is 0 Å². The van der Waals surface area contributed by atoms with Crippen molar-refractivity contribution in [1.29, 1.82) is 0 Å². The second-order valence-electron chi connectivity index (χ2n) is 6.86. The Morgan fingerprint density at radius 1 is 1.13 bits per heavy atom. The zero-order chi connectivity index (χ0) is 22.3. The number of rotatable bonds is 6. The van der Waals surface area contributed by atoms with Crippen molar-refractivity contribution in [2.45, 2.75) is 28.1 Å². The summed E-state index contributed by atoms with van der Waals surface area (Å²) >= 11 is 13.0. The van der Waals surface area contributed by atoms with Gasteiger partial charge in [0.25, 0.3) is 0 Å². The van der Waals surface area contributed by atoms with E-state index in [4.69, 9.17) is 23.2 Å². The summed E-state index contributed by atoms with van der Waals surface area (Å²) in [6, 6.07) is 4.22. The normalized spacial score (nSPS) is 17.3. The average molecular weight is 531 g/mol. The standard InChI is InChI=1S/C17H21Cl2N2O5PS3/c1-3-27(22)10-8-21(9-11-27)16-15(20-17(28-16)29(23,24)4-2)30(25,26)13-7-5-6-12(18)14(13)19/h5-7H,3-4,8-11H2,1-2H3. The SMILES string of the molecule is CCP1(=O)CCN(c2sc(S(=O)(=O)CC)nc2S(=O)(=O)c2cccc(Cl)c2Cl)CC1. The first-order chi connectivity index (χ1) is 13.9. The molecular formula is C17H21Cl2N2O5PS3. The van der Waals surface area contributed by atoms with Gasteiger partial charge in [0.15, 0.2) is 5.03 Å². The number of thiazole rings is 1. The molecule has 1 saturated heterocycles. The van der Waals surface area contributed by atoms with Crippen LogP contribution in [0.25, 0.3) is 0 Å². The van der Waals surface area contributed by atoms with E-state index in [-0.39, 0.29) is 35.1 Å². The molecule has 1 aliphatic rings. The van der Waals surface area contributed by atoms with Crippen molar-refractivity contribution in [3.05, 3.63) is 28.2 Å². The Morgan fingerprint density at radius 3 is 2.33 bits per heavy atom. The van der Waals surface area contributed by atoms with Gasteiger partial charge in [-0.1, -0.05) is 54.5 Å². The second-order valence-corrected chi connectivity index (χ2v) is 16.5. The van der Waals surface area contributed by atoms with Crippen LogP contribution in [0.2, 0.25) is 10.0 Å². The molecule has 0 unspecified atom stereocenters. The lowest BCUT2D eigenvalue weighted by Gasteiger charge is -2.32. The van der Waals surface area contributed by atoms with Crippen LogP contribution in [0.3, 0.4) is 0 Å². The molecule has 0 bridgehead atoms. The molecule has 3 rings (SSSR count). The highest BCUT2D eigenvalue weighted by atomic mass is 35.5. The molecule has 0 atom stereocenters. The Balaban J connectivity index is 2.16. The lowest BCUT2D eigenvalue weighted by atomic mass is 10.4. The van der Waals surface area contributed by atoms with Crippen molar-refractivity contribution in [2.24, 2.45) is 0 Å². The number of sulfone groups is 2. The molecule has 1 aliphatic heterocycles. The van der Waals surface area contributed by atoms with Crippen LogP contribution in [0.1, 0.15) is 13.8 Å². The molecule has 0 aliphatic carbocycles. The van der Waals surface area contributed by atoms with Crippen LogP contribution in [-0.4, -0.2) is 59.1 Å². The van der Waals surface area contributed by atoms with Crippen molar-refractivity contribution in [3.63, 3.8) is 0 Å². The van der Waals surface area contributed by atoms with Crippen LogP contribution >= 0.6 is 41.7 Å². The number of hydrogen-bond acceptors (Lipinski definition) is 8. The van der Waals surface area contributed by atoms with E-state index in [1.54, 1.807) is 4.90 Å². The molecule has 1 fully saturated rings. The molecule has 0 amide bonds. The third-order valence-corrected chi connectivity index (χ3v) is 14.3. The summed E-state index contributed by atoms with van der Waals surface area (Å²) in [5, 5.41) is -0.220. The Kier molecular flexibility index (Phi) is 6.97. The van der Waals surface area contributed by atoms with Crippen LogP contribution in [0.4, 0.5) is 5.00 Å². The van der Waals surface area contributed by atoms with Crippen LogP contribution < -0.4 is 4.90 Å². The molecule has 2 heterocycles. The van der Waals surface area contributed by atoms with E-state index in [0.29, 0.717) is 31.6 Å². The summed E-state index contributed by atoms with van der Waals surface area (Å²) in [4.78, 5) is 5.55. The van der Waals surface area contributed by atoms with Crippen LogP contribution in [-0.2, 0) is 24.2 Å². The molecule has 166 valence electrons. The molecule has 0 radical (unpaired) electrons. The van der Waals surface area contributed by atoms with E-state index in [0.717, 1.165) is 11.3 Å². The summed E-state index contributed by atoms with van der Waals surface area (Å²) in [6.45, 7) is 4.08. The van der Waals surface area contributed by atoms with Gasteiger partial charge < -0.3 is 9.46 Å². The van der Waals surface area contributed by atoms with Gasteiger partial charge in [0.2, 0.25) is 24.0 Å². The smallest absolute Gasteiger partial charge is 0.228 e. The van der Waals surface area contributed by atoms with E-state index in [9.17, 15) is 21.4 Å². The first kappa shape index (κ1) is 24.0. The maximum absolute atomic E-state index is 13.4. The maximum Gasteiger partial charge on any atom is 0.228 e. The van der Waals surface area contributed by atoms with Crippen LogP contribution in [0.15, 0.2) is 32.5 Å². The van der Waals surface area contributed by atoms with Crippen molar-refractivity contribution in [3.8, 4) is 0 Å². The Bertz CT molecular complexity index is 1220. The molecule has 0 N–H and O–H groups in total. The lowest BCUT2D eigenvalue weighted by Crippen LogP contribution is -2.35. The summed E-state index contributed by atoms with van der Waals surface area (Å²) in [7, 11) is -10.2. The zero-order valence-corrected chi connectivity index (χ0v) is 21.2. The minimum Gasteiger partial charge on any atom is -0.360 e. The predicted octanol–water partition coefficient (Wildman–Crippen LogP) is 4.28. The maximum atomic E-state index is 13.4. The molecular weight excluding hydrogens is 510 g/mol. The van der Waals surface area contributed by atoms with Gasteiger partial charge >= 0.3 is 0 Å². The Morgan fingerprint density at radius 2 is 1.77 bits per heavy atom. The fourth-order valence-corrected chi connectivity index (χ4v) is 10.1. The third-order valence-electron chi connectivity index (χ3n) is 5.08. The number of nitrogens with zero attached hydrogens (tertiary/aromatic N) is 2. The minimum atomic E-state index is -4.25. The molecule has 30 heavy (non-hydrogen) atoms. The second kappa shape index (κ2) is 8.71. The Hall–Kier alpha value is -0.640. The molecule has 0 spiro atoms. The highest BCUT2D eigenvalue weighted by molar-refractivity contribution is 7.94. The molecule has 0 saturated carbocycles.